The van der Waals surface area contributed by atoms with Gasteiger partial charge < -0.3 is 5.32 Å². The number of benzene rings is 1. The predicted molar refractivity (Wildman–Crippen MR) is 82.2 cm³/mol. The fraction of sp³-hybridized carbons (Fsp3) is 0.267. The summed E-state index contributed by atoms with van der Waals surface area (Å²) in [5.41, 5.74) is 3.94. The summed E-state index contributed by atoms with van der Waals surface area (Å²) in [6.45, 7) is 0. The normalized spacial score (nSPS) is 14.1. The molecule has 0 unspecified atom stereocenters. The maximum Gasteiger partial charge on any atom is 0.255 e. The number of hydrogen-bond donors (Lipinski definition) is 1. The van der Waals surface area contributed by atoms with Gasteiger partial charge >= 0.3 is 0 Å². The third-order valence-corrected chi connectivity index (χ3v) is 4.07. The summed E-state index contributed by atoms with van der Waals surface area (Å²) in [5.74, 6) is 1.27. The minimum Gasteiger partial charge on any atom is -0.340 e. The van der Waals surface area contributed by atoms with Gasteiger partial charge in [-0.25, -0.2) is 0 Å². The highest BCUT2D eigenvalue weighted by molar-refractivity contribution is 6.29. The van der Waals surface area contributed by atoms with E-state index in [1.807, 2.05) is 0 Å². The lowest BCUT2D eigenvalue weighted by Gasteiger charge is -2.20. The summed E-state index contributed by atoms with van der Waals surface area (Å²) in [4.78, 5) is 8.23. The number of nitrogens with zero attached hydrogens (tertiary/aromatic N) is 4. The first-order chi connectivity index (χ1) is 10.3. The number of hydrogen-bond acceptors (Lipinski definition) is 4. The zero-order valence-electron chi connectivity index (χ0n) is 11.4. The monoisotopic (exact) mass is 299 g/mol. The minimum atomic E-state index is 0.405. The molecule has 0 saturated carbocycles. The molecule has 0 atom stereocenters. The Morgan fingerprint density at radius 1 is 1.19 bits per heavy atom. The van der Waals surface area contributed by atoms with Crippen LogP contribution in [0.4, 0.5) is 11.5 Å². The molecule has 0 fully saturated rings. The topological polar surface area (TPSA) is 55.1 Å². The van der Waals surface area contributed by atoms with Gasteiger partial charge in [-0.3, -0.25) is 0 Å². The molecular weight excluding hydrogens is 286 g/mol. The van der Waals surface area contributed by atoms with E-state index in [-0.39, 0.29) is 0 Å². The maximum absolute atomic E-state index is 6.06. The van der Waals surface area contributed by atoms with Crippen molar-refractivity contribution in [2.75, 3.05) is 5.32 Å². The van der Waals surface area contributed by atoms with E-state index in [1.165, 1.54) is 30.3 Å². The van der Waals surface area contributed by atoms with Crippen LogP contribution in [-0.2, 0) is 12.8 Å². The molecule has 0 aliphatic heterocycles. The van der Waals surface area contributed by atoms with E-state index in [0.717, 1.165) is 24.3 Å². The first kappa shape index (κ1) is 12.6. The lowest BCUT2D eigenvalue weighted by atomic mass is 9.90. The average molecular weight is 300 g/mol. The van der Waals surface area contributed by atoms with E-state index in [9.17, 15) is 0 Å². The average Bonchev–Trinajstić information content (AvgIpc) is 2.96. The number of aryl methyl sites for hydroxylation is 1. The van der Waals surface area contributed by atoms with Crippen LogP contribution in [0.15, 0.2) is 30.6 Å². The Morgan fingerprint density at radius 3 is 3.05 bits per heavy atom. The Kier molecular flexibility index (Phi) is 3.00. The quantitative estimate of drug-likeness (QED) is 0.737. The third-order valence-electron chi connectivity index (χ3n) is 3.88. The first-order valence-corrected chi connectivity index (χ1v) is 7.43. The molecule has 2 heterocycles. The summed E-state index contributed by atoms with van der Waals surface area (Å²) >= 11 is 6.06. The molecule has 1 N–H and O–H groups in total. The fourth-order valence-corrected chi connectivity index (χ4v) is 3.09. The van der Waals surface area contributed by atoms with Crippen LogP contribution in [-0.4, -0.2) is 19.6 Å². The first-order valence-electron chi connectivity index (χ1n) is 7.05. The Labute approximate surface area is 127 Å². The van der Waals surface area contributed by atoms with Gasteiger partial charge in [0.25, 0.3) is 5.78 Å². The van der Waals surface area contributed by atoms with Crippen LogP contribution in [0.1, 0.15) is 24.0 Å². The van der Waals surface area contributed by atoms with Crippen LogP contribution in [0.2, 0.25) is 5.15 Å². The highest BCUT2D eigenvalue weighted by Crippen LogP contribution is 2.30. The van der Waals surface area contributed by atoms with Gasteiger partial charge in [0.2, 0.25) is 0 Å². The minimum absolute atomic E-state index is 0.405. The molecule has 3 aromatic rings. The van der Waals surface area contributed by atoms with Crippen molar-refractivity contribution in [2.24, 2.45) is 0 Å². The molecule has 1 aliphatic rings. The van der Waals surface area contributed by atoms with Crippen LogP contribution in [0.3, 0.4) is 0 Å². The number of aromatic nitrogens is 4. The number of halogens is 1. The van der Waals surface area contributed by atoms with Crippen LogP contribution in [0, 0.1) is 0 Å². The summed E-state index contributed by atoms with van der Waals surface area (Å²) in [6, 6.07) is 8.17. The Hall–Kier alpha value is -2.14. The summed E-state index contributed by atoms with van der Waals surface area (Å²) in [6.07, 6.45) is 6.25. The maximum atomic E-state index is 6.06. The zero-order valence-corrected chi connectivity index (χ0v) is 12.1. The highest BCUT2D eigenvalue weighted by Gasteiger charge is 2.14. The van der Waals surface area contributed by atoms with E-state index in [0.29, 0.717) is 10.9 Å². The van der Waals surface area contributed by atoms with Gasteiger partial charge in [-0.05, 0) is 42.9 Å². The number of rotatable bonds is 2. The van der Waals surface area contributed by atoms with Crippen molar-refractivity contribution in [3.8, 4) is 0 Å². The van der Waals surface area contributed by atoms with Crippen molar-refractivity contribution < 1.29 is 0 Å². The van der Waals surface area contributed by atoms with E-state index >= 15 is 0 Å². The van der Waals surface area contributed by atoms with Gasteiger partial charge in [-0.1, -0.05) is 23.7 Å². The number of anilines is 2. The Morgan fingerprint density at radius 2 is 2.10 bits per heavy atom. The lowest BCUT2D eigenvalue weighted by molar-refractivity contribution is 0.687. The van der Waals surface area contributed by atoms with Gasteiger partial charge in [0.05, 0.1) is 0 Å². The standard InChI is InChI=1S/C15H14ClN5/c16-13-8-14(21-15(20-13)17-9-18-21)19-12-7-3-5-10-4-1-2-6-11(10)12/h3,5,7-9,19H,1-2,4,6H2. The largest absolute Gasteiger partial charge is 0.340 e. The molecule has 0 spiro atoms. The molecule has 0 saturated heterocycles. The van der Waals surface area contributed by atoms with Gasteiger partial charge in [-0.2, -0.15) is 19.6 Å². The fourth-order valence-electron chi connectivity index (χ4n) is 2.91. The van der Waals surface area contributed by atoms with Gasteiger partial charge in [0, 0.05) is 11.8 Å². The van der Waals surface area contributed by atoms with Crippen molar-refractivity contribution >= 4 is 28.9 Å². The molecule has 0 radical (unpaired) electrons. The second kappa shape index (κ2) is 5.00. The van der Waals surface area contributed by atoms with E-state index in [1.54, 1.807) is 10.6 Å². The molecule has 4 rings (SSSR count). The number of fused-ring (bicyclic) bond motifs is 2. The summed E-state index contributed by atoms with van der Waals surface area (Å²) < 4.78 is 1.66. The third kappa shape index (κ3) is 2.23. The molecule has 1 aromatic carbocycles. The zero-order chi connectivity index (χ0) is 14.2. The highest BCUT2D eigenvalue weighted by atomic mass is 35.5. The van der Waals surface area contributed by atoms with Crippen molar-refractivity contribution in [3.05, 3.63) is 46.9 Å². The Balaban J connectivity index is 1.80. The Bertz CT molecular complexity index is 811. The van der Waals surface area contributed by atoms with Gasteiger partial charge in [-0.15, -0.1) is 0 Å². The summed E-state index contributed by atoms with van der Waals surface area (Å²) in [7, 11) is 0. The molecule has 106 valence electrons. The van der Waals surface area contributed by atoms with Crippen LogP contribution in [0.25, 0.3) is 5.78 Å². The molecule has 5 nitrogen and oxygen atoms in total. The smallest absolute Gasteiger partial charge is 0.255 e. The van der Waals surface area contributed by atoms with E-state index in [2.05, 4.69) is 38.6 Å². The van der Waals surface area contributed by atoms with Crippen LogP contribution in [0.5, 0.6) is 0 Å². The molecule has 2 aromatic heterocycles. The van der Waals surface area contributed by atoms with Crippen LogP contribution < -0.4 is 5.32 Å². The molecular formula is C15H14ClN5. The summed E-state index contributed by atoms with van der Waals surface area (Å²) in [5, 5.41) is 8.03. The second-order valence-electron chi connectivity index (χ2n) is 5.21. The second-order valence-corrected chi connectivity index (χ2v) is 5.60. The van der Waals surface area contributed by atoms with Gasteiger partial charge in [0.1, 0.15) is 17.3 Å². The predicted octanol–water partition coefficient (Wildman–Crippen LogP) is 3.40. The van der Waals surface area contributed by atoms with Crippen molar-refractivity contribution in [3.63, 3.8) is 0 Å². The van der Waals surface area contributed by atoms with Crippen molar-refractivity contribution in [1.29, 1.82) is 0 Å². The van der Waals surface area contributed by atoms with Gasteiger partial charge in [0.15, 0.2) is 0 Å². The SMILES string of the molecule is Clc1cc(Nc2cccc3c2CCCC3)n2ncnc2n1. The van der Waals surface area contributed by atoms with Crippen molar-refractivity contribution in [2.45, 2.75) is 25.7 Å². The molecule has 0 amide bonds. The van der Waals surface area contributed by atoms with Crippen LogP contribution >= 0.6 is 11.6 Å². The molecule has 1 aliphatic carbocycles. The molecule has 6 heteroatoms. The lowest BCUT2D eigenvalue weighted by Crippen LogP contribution is -2.08. The van der Waals surface area contributed by atoms with Crippen molar-refractivity contribution in [1.82, 2.24) is 19.6 Å². The van der Waals surface area contributed by atoms with E-state index < -0.39 is 0 Å². The molecule has 0 bridgehead atoms. The number of nitrogens with one attached hydrogen (secondary N) is 1. The molecule has 21 heavy (non-hydrogen) atoms. The van der Waals surface area contributed by atoms with E-state index in [4.69, 9.17) is 11.6 Å².